The number of rotatable bonds is 7. The maximum absolute atomic E-state index is 12.2. The highest BCUT2D eigenvalue weighted by Gasteiger charge is 2.30. The SMILES string of the molecule is CC(CO)c1cc2c(cc1/C(=N/NC(=O)C1CC1)c1ccc([N+](=O)[O-])cc1)OCO2. The van der Waals surface area contributed by atoms with E-state index < -0.39 is 4.92 Å². The van der Waals surface area contributed by atoms with Crippen LogP contribution < -0.4 is 14.9 Å². The number of hydrogen-bond acceptors (Lipinski definition) is 7. The highest BCUT2D eigenvalue weighted by atomic mass is 16.7. The first-order chi connectivity index (χ1) is 14.5. The molecule has 2 N–H and O–H groups in total. The third-order valence-electron chi connectivity index (χ3n) is 5.18. The summed E-state index contributed by atoms with van der Waals surface area (Å²) in [6, 6.07) is 9.48. The molecule has 1 aliphatic carbocycles. The summed E-state index contributed by atoms with van der Waals surface area (Å²) in [5.41, 5.74) is 4.98. The van der Waals surface area contributed by atoms with Crippen molar-refractivity contribution in [2.75, 3.05) is 13.4 Å². The Morgan fingerprint density at radius 3 is 2.53 bits per heavy atom. The summed E-state index contributed by atoms with van der Waals surface area (Å²) in [6.07, 6.45) is 1.68. The summed E-state index contributed by atoms with van der Waals surface area (Å²) in [7, 11) is 0. The topological polar surface area (TPSA) is 123 Å². The summed E-state index contributed by atoms with van der Waals surface area (Å²) < 4.78 is 11.0. The molecule has 0 aromatic heterocycles. The van der Waals surface area contributed by atoms with Gasteiger partial charge < -0.3 is 14.6 Å². The molecular formula is C21H21N3O6. The van der Waals surface area contributed by atoms with E-state index in [1.54, 1.807) is 24.3 Å². The molecule has 2 aromatic carbocycles. The van der Waals surface area contributed by atoms with E-state index in [2.05, 4.69) is 10.5 Å². The number of carbonyl (C=O) groups is 1. The lowest BCUT2D eigenvalue weighted by atomic mass is 9.90. The summed E-state index contributed by atoms with van der Waals surface area (Å²) >= 11 is 0. The molecule has 2 aliphatic rings. The van der Waals surface area contributed by atoms with Gasteiger partial charge in [-0.1, -0.05) is 6.92 Å². The molecule has 9 heteroatoms. The van der Waals surface area contributed by atoms with Gasteiger partial charge in [0.2, 0.25) is 12.7 Å². The van der Waals surface area contributed by atoms with Gasteiger partial charge in [-0.25, -0.2) is 5.43 Å². The number of benzene rings is 2. The zero-order valence-electron chi connectivity index (χ0n) is 16.3. The lowest BCUT2D eigenvalue weighted by molar-refractivity contribution is -0.384. The number of aliphatic hydroxyl groups is 1. The van der Waals surface area contributed by atoms with Crippen LogP contribution in [0, 0.1) is 16.0 Å². The third kappa shape index (κ3) is 3.97. The number of nitro groups is 1. The van der Waals surface area contributed by atoms with Crippen LogP contribution in [-0.2, 0) is 4.79 Å². The van der Waals surface area contributed by atoms with E-state index in [9.17, 15) is 20.0 Å². The fourth-order valence-corrected chi connectivity index (χ4v) is 3.24. The second-order valence-corrected chi connectivity index (χ2v) is 7.39. The molecule has 1 amide bonds. The first kappa shape index (κ1) is 19.8. The Morgan fingerprint density at radius 2 is 1.93 bits per heavy atom. The fraction of sp³-hybridized carbons (Fsp3) is 0.333. The van der Waals surface area contributed by atoms with E-state index in [0.29, 0.717) is 28.3 Å². The molecule has 2 aromatic rings. The van der Waals surface area contributed by atoms with E-state index >= 15 is 0 Å². The highest BCUT2D eigenvalue weighted by Crippen LogP contribution is 2.38. The van der Waals surface area contributed by atoms with Gasteiger partial charge in [0, 0.05) is 41.7 Å². The number of non-ortho nitro benzene ring substituents is 1. The van der Waals surface area contributed by atoms with Crippen LogP contribution in [-0.4, -0.2) is 35.0 Å². The molecule has 1 fully saturated rings. The predicted octanol–water partition coefficient (Wildman–Crippen LogP) is 2.70. The summed E-state index contributed by atoms with van der Waals surface area (Å²) in [5, 5.41) is 25.1. The molecule has 1 saturated carbocycles. The average Bonchev–Trinajstić information content (AvgIpc) is 3.51. The lowest BCUT2D eigenvalue weighted by Crippen LogP contribution is -2.22. The van der Waals surface area contributed by atoms with Gasteiger partial charge in [-0.05, 0) is 42.7 Å². The van der Waals surface area contributed by atoms with Gasteiger partial charge in [0.15, 0.2) is 11.5 Å². The number of aliphatic hydroxyl groups excluding tert-OH is 1. The van der Waals surface area contributed by atoms with Crippen molar-refractivity contribution in [1.82, 2.24) is 5.43 Å². The zero-order valence-corrected chi connectivity index (χ0v) is 16.3. The standard InChI is InChI=1S/C21H21N3O6/c1-12(10-25)16-8-18-19(30-11-29-18)9-17(16)20(22-23-21(26)14-2-3-14)13-4-6-15(7-5-13)24(27)28/h4-9,12,14,25H,2-3,10-11H2,1H3,(H,23,26)/b22-20+. The zero-order chi connectivity index (χ0) is 21.3. The summed E-state index contributed by atoms with van der Waals surface area (Å²) in [6.45, 7) is 1.85. The van der Waals surface area contributed by atoms with Crippen molar-refractivity contribution in [2.24, 2.45) is 11.0 Å². The van der Waals surface area contributed by atoms with E-state index in [1.165, 1.54) is 12.1 Å². The number of hydrazone groups is 1. The molecule has 4 rings (SSSR count). The minimum Gasteiger partial charge on any atom is -0.454 e. The molecule has 9 nitrogen and oxygen atoms in total. The number of ether oxygens (including phenoxy) is 2. The van der Waals surface area contributed by atoms with Gasteiger partial charge in [-0.3, -0.25) is 14.9 Å². The maximum atomic E-state index is 12.2. The van der Waals surface area contributed by atoms with Gasteiger partial charge in [-0.2, -0.15) is 5.10 Å². The number of nitrogens with one attached hydrogen (secondary N) is 1. The van der Waals surface area contributed by atoms with E-state index in [1.807, 2.05) is 6.92 Å². The van der Waals surface area contributed by atoms with Crippen molar-refractivity contribution in [2.45, 2.75) is 25.7 Å². The smallest absolute Gasteiger partial charge is 0.269 e. The number of nitro benzene ring substituents is 1. The Kier molecular flexibility index (Phi) is 5.37. The van der Waals surface area contributed by atoms with Crippen LogP contribution in [0.5, 0.6) is 11.5 Å². The maximum Gasteiger partial charge on any atom is 0.269 e. The number of hydrogen-bond donors (Lipinski definition) is 2. The van der Waals surface area contributed by atoms with Crippen LogP contribution >= 0.6 is 0 Å². The Hall–Kier alpha value is -3.46. The molecule has 1 atom stereocenters. The molecule has 1 unspecified atom stereocenters. The van der Waals surface area contributed by atoms with Crippen LogP contribution in [0.3, 0.4) is 0 Å². The minimum absolute atomic E-state index is 0.0283. The predicted molar refractivity (Wildman–Crippen MR) is 108 cm³/mol. The van der Waals surface area contributed by atoms with Crippen molar-refractivity contribution in [3.8, 4) is 11.5 Å². The van der Waals surface area contributed by atoms with E-state index in [-0.39, 0.29) is 36.8 Å². The van der Waals surface area contributed by atoms with Gasteiger partial charge in [0.1, 0.15) is 0 Å². The third-order valence-corrected chi connectivity index (χ3v) is 5.18. The molecule has 30 heavy (non-hydrogen) atoms. The Bertz CT molecular complexity index is 1010. The molecular weight excluding hydrogens is 390 g/mol. The van der Waals surface area contributed by atoms with Gasteiger partial charge in [-0.15, -0.1) is 0 Å². The molecule has 0 spiro atoms. The molecule has 0 bridgehead atoms. The fourth-order valence-electron chi connectivity index (χ4n) is 3.24. The van der Waals surface area contributed by atoms with Crippen molar-refractivity contribution in [3.63, 3.8) is 0 Å². The first-order valence-corrected chi connectivity index (χ1v) is 9.65. The Labute approximate surface area is 172 Å². The average molecular weight is 411 g/mol. The number of fused-ring (bicyclic) bond motifs is 1. The number of carbonyl (C=O) groups excluding carboxylic acids is 1. The molecule has 0 saturated heterocycles. The van der Waals surface area contributed by atoms with Gasteiger partial charge in [0.05, 0.1) is 10.6 Å². The van der Waals surface area contributed by atoms with E-state index in [0.717, 1.165) is 18.4 Å². The lowest BCUT2D eigenvalue weighted by Gasteiger charge is -2.17. The largest absolute Gasteiger partial charge is 0.454 e. The van der Waals surface area contributed by atoms with Crippen LogP contribution in [0.15, 0.2) is 41.5 Å². The molecule has 1 heterocycles. The van der Waals surface area contributed by atoms with Crippen molar-refractivity contribution >= 4 is 17.3 Å². The quantitative estimate of drug-likeness (QED) is 0.410. The highest BCUT2D eigenvalue weighted by molar-refractivity contribution is 6.14. The normalized spacial score (nSPS) is 16.3. The Morgan fingerprint density at radius 1 is 1.27 bits per heavy atom. The second-order valence-electron chi connectivity index (χ2n) is 7.39. The van der Waals surface area contributed by atoms with Gasteiger partial charge in [0.25, 0.3) is 5.69 Å². The van der Waals surface area contributed by atoms with Crippen molar-refractivity contribution < 1.29 is 24.3 Å². The van der Waals surface area contributed by atoms with Crippen LogP contribution in [0.4, 0.5) is 5.69 Å². The van der Waals surface area contributed by atoms with Gasteiger partial charge >= 0.3 is 0 Å². The van der Waals surface area contributed by atoms with Crippen LogP contribution in [0.25, 0.3) is 0 Å². The van der Waals surface area contributed by atoms with Crippen LogP contribution in [0.2, 0.25) is 0 Å². The van der Waals surface area contributed by atoms with Crippen LogP contribution in [0.1, 0.15) is 42.4 Å². The van der Waals surface area contributed by atoms with E-state index in [4.69, 9.17) is 9.47 Å². The minimum atomic E-state index is -0.477. The molecule has 0 radical (unpaired) electrons. The summed E-state index contributed by atoms with van der Waals surface area (Å²) in [5.74, 6) is 0.671. The van der Waals surface area contributed by atoms with Crippen molar-refractivity contribution in [1.29, 1.82) is 0 Å². The molecule has 1 aliphatic heterocycles. The van der Waals surface area contributed by atoms with Crippen molar-refractivity contribution in [3.05, 3.63) is 63.2 Å². The second kappa shape index (κ2) is 8.11. The number of nitrogens with zero attached hydrogens (tertiary/aromatic N) is 2. The molecule has 156 valence electrons. The monoisotopic (exact) mass is 411 g/mol. The number of amides is 1. The first-order valence-electron chi connectivity index (χ1n) is 9.65. The Balaban J connectivity index is 1.81. The summed E-state index contributed by atoms with van der Waals surface area (Å²) in [4.78, 5) is 22.7.